The molecule has 1 aliphatic heterocycles. The molecule has 0 bridgehead atoms. The van der Waals surface area contributed by atoms with Crippen molar-refractivity contribution < 1.29 is 4.79 Å². The summed E-state index contributed by atoms with van der Waals surface area (Å²) in [6.07, 6.45) is 5.26. The zero-order valence-corrected chi connectivity index (χ0v) is 10.8. The average molecular weight is 256 g/mol. The van der Waals surface area contributed by atoms with Crippen LogP contribution in [0.5, 0.6) is 0 Å². The molecule has 3 rings (SSSR count). The van der Waals surface area contributed by atoms with Gasteiger partial charge in [0.2, 0.25) is 0 Å². The van der Waals surface area contributed by atoms with Crippen molar-refractivity contribution in [3.63, 3.8) is 0 Å². The standard InChI is InChI=1S/C14H16N4O/c1-17-9-7-16-13(17)14(19)18-8-3-4-10-11(15)5-2-6-12(10)18/h2,5-7,9H,3-4,8,15H2,1H3. The van der Waals surface area contributed by atoms with E-state index in [-0.39, 0.29) is 5.91 Å². The molecule has 2 heterocycles. The largest absolute Gasteiger partial charge is 0.398 e. The summed E-state index contributed by atoms with van der Waals surface area (Å²) in [7, 11) is 1.82. The molecule has 2 N–H and O–H groups in total. The zero-order chi connectivity index (χ0) is 13.4. The Labute approximate surface area is 111 Å². The highest BCUT2D eigenvalue weighted by Gasteiger charge is 2.26. The molecule has 0 unspecified atom stereocenters. The number of amides is 1. The van der Waals surface area contributed by atoms with Gasteiger partial charge in [-0.3, -0.25) is 4.79 Å². The Balaban J connectivity index is 2.03. The number of nitrogen functional groups attached to an aromatic ring is 1. The van der Waals surface area contributed by atoms with Crippen LogP contribution < -0.4 is 10.6 Å². The van der Waals surface area contributed by atoms with Gasteiger partial charge in [0.15, 0.2) is 5.82 Å². The fourth-order valence-corrected chi connectivity index (χ4v) is 2.56. The van der Waals surface area contributed by atoms with Crippen molar-refractivity contribution in [2.45, 2.75) is 12.8 Å². The fraction of sp³-hybridized carbons (Fsp3) is 0.286. The van der Waals surface area contributed by atoms with Crippen molar-refractivity contribution in [2.75, 3.05) is 17.2 Å². The van der Waals surface area contributed by atoms with Gasteiger partial charge in [0.25, 0.3) is 5.91 Å². The third-order valence-corrected chi connectivity index (χ3v) is 3.54. The normalized spacial score (nSPS) is 14.3. The third kappa shape index (κ3) is 1.87. The van der Waals surface area contributed by atoms with E-state index in [1.807, 2.05) is 25.2 Å². The first-order valence-electron chi connectivity index (χ1n) is 6.35. The van der Waals surface area contributed by atoms with Crippen molar-refractivity contribution in [3.8, 4) is 0 Å². The second-order valence-electron chi connectivity index (χ2n) is 4.77. The van der Waals surface area contributed by atoms with E-state index in [4.69, 9.17) is 5.73 Å². The number of carbonyl (C=O) groups is 1. The minimum atomic E-state index is -0.0703. The van der Waals surface area contributed by atoms with Crippen LogP contribution in [0.1, 0.15) is 22.6 Å². The highest BCUT2D eigenvalue weighted by molar-refractivity contribution is 6.04. The summed E-state index contributed by atoms with van der Waals surface area (Å²) < 4.78 is 1.74. The second-order valence-corrected chi connectivity index (χ2v) is 4.77. The van der Waals surface area contributed by atoms with Gasteiger partial charge in [0, 0.05) is 37.4 Å². The van der Waals surface area contributed by atoms with E-state index >= 15 is 0 Å². The Morgan fingerprint density at radius 1 is 1.42 bits per heavy atom. The van der Waals surface area contributed by atoms with E-state index in [9.17, 15) is 4.79 Å². The summed E-state index contributed by atoms with van der Waals surface area (Å²) in [6.45, 7) is 0.710. The first-order valence-corrected chi connectivity index (χ1v) is 6.35. The molecule has 98 valence electrons. The Bertz CT molecular complexity index is 632. The summed E-state index contributed by atoms with van der Waals surface area (Å²) >= 11 is 0. The highest BCUT2D eigenvalue weighted by Crippen LogP contribution is 2.31. The molecule has 19 heavy (non-hydrogen) atoms. The fourth-order valence-electron chi connectivity index (χ4n) is 2.56. The number of fused-ring (bicyclic) bond motifs is 1. The number of nitrogens with two attached hydrogens (primary N) is 1. The Morgan fingerprint density at radius 2 is 2.26 bits per heavy atom. The van der Waals surface area contributed by atoms with Crippen LogP contribution in [0.15, 0.2) is 30.6 Å². The van der Waals surface area contributed by atoms with Crippen molar-refractivity contribution in [1.82, 2.24) is 9.55 Å². The lowest BCUT2D eigenvalue weighted by molar-refractivity contribution is 0.0972. The predicted octanol–water partition coefficient (Wildman–Crippen LogP) is 1.60. The van der Waals surface area contributed by atoms with Gasteiger partial charge in [0.1, 0.15) is 0 Å². The molecule has 0 radical (unpaired) electrons. The number of imidazole rings is 1. The SMILES string of the molecule is Cn1ccnc1C(=O)N1CCCc2c(N)cccc21. The van der Waals surface area contributed by atoms with Gasteiger partial charge in [0.05, 0.1) is 0 Å². The number of anilines is 2. The molecule has 0 atom stereocenters. The van der Waals surface area contributed by atoms with Crippen LogP contribution in [-0.2, 0) is 13.5 Å². The van der Waals surface area contributed by atoms with E-state index in [0.717, 1.165) is 29.8 Å². The smallest absolute Gasteiger partial charge is 0.294 e. The van der Waals surface area contributed by atoms with Gasteiger partial charge >= 0.3 is 0 Å². The summed E-state index contributed by atoms with van der Waals surface area (Å²) in [4.78, 5) is 18.5. The topological polar surface area (TPSA) is 64.2 Å². The van der Waals surface area contributed by atoms with Crippen LogP contribution in [0, 0.1) is 0 Å². The average Bonchev–Trinajstić information content (AvgIpc) is 2.84. The monoisotopic (exact) mass is 256 g/mol. The molecule has 0 aliphatic carbocycles. The number of hydrogen-bond acceptors (Lipinski definition) is 3. The minimum Gasteiger partial charge on any atom is -0.398 e. The molecule has 0 saturated carbocycles. The molecule has 0 saturated heterocycles. The zero-order valence-electron chi connectivity index (χ0n) is 10.8. The first kappa shape index (κ1) is 11.8. The van der Waals surface area contributed by atoms with Crippen LogP contribution in [0.4, 0.5) is 11.4 Å². The molecule has 5 nitrogen and oxygen atoms in total. The maximum atomic E-state index is 12.6. The van der Waals surface area contributed by atoms with Crippen LogP contribution >= 0.6 is 0 Å². The van der Waals surface area contributed by atoms with Gasteiger partial charge in [-0.15, -0.1) is 0 Å². The van der Waals surface area contributed by atoms with Crippen molar-refractivity contribution in [1.29, 1.82) is 0 Å². The predicted molar refractivity (Wildman–Crippen MR) is 74.1 cm³/mol. The summed E-state index contributed by atoms with van der Waals surface area (Å²) in [5.41, 5.74) is 8.73. The molecule has 1 amide bonds. The van der Waals surface area contributed by atoms with E-state index in [0.29, 0.717) is 12.4 Å². The Kier molecular flexibility index (Phi) is 2.74. The number of rotatable bonds is 1. The van der Waals surface area contributed by atoms with E-state index in [2.05, 4.69) is 4.98 Å². The molecular formula is C14H16N4O. The lowest BCUT2D eigenvalue weighted by Gasteiger charge is -2.29. The first-order chi connectivity index (χ1) is 9.18. The van der Waals surface area contributed by atoms with Crippen molar-refractivity contribution >= 4 is 17.3 Å². The quantitative estimate of drug-likeness (QED) is 0.788. The van der Waals surface area contributed by atoms with Gasteiger partial charge in [-0.05, 0) is 30.5 Å². The minimum absolute atomic E-state index is 0.0703. The maximum Gasteiger partial charge on any atom is 0.294 e. The van der Waals surface area contributed by atoms with Gasteiger partial charge in [-0.2, -0.15) is 0 Å². The molecule has 2 aromatic rings. The second kappa shape index (κ2) is 4.42. The van der Waals surface area contributed by atoms with E-state index in [1.54, 1.807) is 21.9 Å². The van der Waals surface area contributed by atoms with Crippen LogP contribution in [-0.4, -0.2) is 22.0 Å². The lowest BCUT2D eigenvalue weighted by Crippen LogP contribution is -2.37. The number of aryl methyl sites for hydroxylation is 1. The maximum absolute atomic E-state index is 12.6. The molecule has 0 fully saturated rings. The van der Waals surface area contributed by atoms with Crippen molar-refractivity contribution in [3.05, 3.63) is 42.0 Å². The molecule has 0 spiro atoms. The van der Waals surface area contributed by atoms with Gasteiger partial charge < -0.3 is 15.2 Å². The van der Waals surface area contributed by atoms with E-state index < -0.39 is 0 Å². The van der Waals surface area contributed by atoms with Crippen LogP contribution in [0.25, 0.3) is 0 Å². The van der Waals surface area contributed by atoms with Crippen LogP contribution in [0.3, 0.4) is 0 Å². The number of aromatic nitrogens is 2. The van der Waals surface area contributed by atoms with Gasteiger partial charge in [-0.1, -0.05) is 6.07 Å². The molecule has 1 aliphatic rings. The van der Waals surface area contributed by atoms with Gasteiger partial charge in [-0.25, -0.2) is 4.98 Å². The van der Waals surface area contributed by atoms with E-state index in [1.165, 1.54) is 0 Å². The van der Waals surface area contributed by atoms with Crippen molar-refractivity contribution in [2.24, 2.45) is 7.05 Å². The highest BCUT2D eigenvalue weighted by atomic mass is 16.2. The number of hydrogen-bond donors (Lipinski definition) is 1. The number of benzene rings is 1. The molecule has 5 heteroatoms. The summed E-state index contributed by atoms with van der Waals surface area (Å²) in [6, 6.07) is 5.72. The summed E-state index contributed by atoms with van der Waals surface area (Å²) in [5, 5.41) is 0. The number of carbonyl (C=O) groups excluding carboxylic acids is 1. The summed E-state index contributed by atoms with van der Waals surface area (Å²) in [5.74, 6) is 0.384. The molecule has 1 aromatic carbocycles. The lowest BCUT2D eigenvalue weighted by atomic mass is 10.00. The third-order valence-electron chi connectivity index (χ3n) is 3.54. The Morgan fingerprint density at radius 3 is 3.00 bits per heavy atom. The molecular weight excluding hydrogens is 240 g/mol. The number of nitrogens with zero attached hydrogens (tertiary/aromatic N) is 3. The van der Waals surface area contributed by atoms with Crippen LogP contribution in [0.2, 0.25) is 0 Å². The molecule has 1 aromatic heterocycles. The Hall–Kier alpha value is -2.30.